The SMILES string of the molecule is CC(OC(=O)c1ccc[nH]1)C(=O)N1CCc2ccccc21. The van der Waals surface area contributed by atoms with Crippen LogP contribution in [0.25, 0.3) is 0 Å². The molecule has 108 valence electrons. The summed E-state index contributed by atoms with van der Waals surface area (Å²) in [5.41, 5.74) is 2.40. The van der Waals surface area contributed by atoms with Gasteiger partial charge < -0.3 is 14.6 Å². The third-order valence-corrected chi connectivity index (χ3v) is 3.60. The van der Waals surface area contributed by atoms with Crippen LogP contribution >= 0.6 is 0 Å². The molecule has 0 spiro atoms. The highest BCUT2D eigenvalue weighted by Gasteiger charge is 2.29. The molecule has 1 N–H and O–H groups in total. The summed E-state index contributed by atoms with van der Waals surface area (Å²) in [7, 11) is 0. The maximum absolute atomic E-state index is 12.5. The Hall–Kier alpha value is -2.56. The van der Waals surface area contributed by atoms with E-state index in [-0.39, 0.29) is 5.91 Å². The molecule has 1 amide bonds. The Kier molecular flexibility index (Phi) is 3.48. The van der Waals surface area contributed by atoms with E-state index in [4.69, 9.17) is 4.74 Å². The molecule has 1 unspecified atom stereocenters. The van der Waals surface area contributed by atoms with E-state index in [0.717, 1.165) is 17.7 Å². The summed E-state index contributed by atoms with van der Waals surface area (Å²) < 4.78 is 5.22. The van der Waals surface area contributed by atoms with Crippen molar-refractivity contribution >= 4 is 17.6 Å². The predicted octanol–water partition coefficient (Wildman–Crippen LogP) is 2.15. The Labute approximate surface area is 122 Å². The molecule has 3 rings (SSSR count). The highest BCUT2D eigenvalue weighted by Crippen LogP contribution is 2.28. The number of ether oxygens (including phenoxy) is 1. The lowest BCUT2D eigenvalue weighted by Gasteiger charge is -2.21. The second kappa shape index (κ2) is 5.44. The molecule has 1 aromatic heterocycles. The van der Waals surface area contributed by atoms with Gasteiger partial charge in [0.25, 0.3) is 5.91 Å². The maximum atomic E-state index is 12.5. The molecule has 1 atom stereocenters. The standard InChI is InChI=1S/C16H16N2O3/c1-11(21-16(20)13-6-4-9-17-13)15(19)18-10-8-12-5-2-3-7-14(12)18/h2-7,9,11,17H,8,10H2,1H3. The Bertz CT molecular complexity index is 664. The molecule has 2 aromatic rings. The van der Waals surface area contributed by atoms with Crippen LogP contribution in [0.2, 0.25) is 0 Å². The van der Waals surface area contributed by atoms with Gasteiger partial charge in [-0.3, -0.25) is 4.79 Å². The maximum Gasteiger partial charge on any atom is 0.355 e. The molecule has 0 bridgehead atoms. The van der Waals surface area contributed by atoms with E-state index < -0.39 is 12.1 Å². The molecule has 1 aliphatic rings. The van der Waals surface area contributed by atoms with Gasteiger partial charge in [-0.15, -0.1) is 0 Å². The van der Waals surface area contributed by atoms with Crippen molar-refractivity contribution in [3.8, 4) is 0 Å². The number of carbonyl (C=O) groups is 2. The topological polar surface area (TPSA) is 62.4 Å². The Morgan fingerprint density at radius 1 is 1.24 bits per heavy atom. The second-order valence-electron chi connectivity index (χ2n) is 5.00. The van der Waals surface area contributed by atoms with Crippen molar-refractivity contribution in [1.29, 1.82) is 0 Å². The molecular formula is C16H16N2O3. The lowest BCUT2D eigenvalue weighted by Crippen LogP contribution is -2.39. The number of amides is 1. The Morgan fingerprint density at radius 3 is 2.81 bits per heavy atom. The van der Waals surface area contributed by atoms with Gasteiger partial charge in [-0.05, 0) is 37.1 Å². The fourth-order valence-corrected chi connectivity index (χ4v) is 2.52. The van der Waals surface area contributed by atoms with E-state index in [1.165, 1.54) is 0 Å². The van der Waals surface area contributed by atoms with Gasteiger partial charge in [0.1, 0.15) is 5.69 Å². The molecule has 0 saturated heterocycles. The van der Waals surface area contributed by atoms with Crippen LogP contribution < -0.4 is 4.90 Å². The number of benzene rings is 1. The molecule has 0 saturated carbocycles. The smallest absolute Gasteiger partial charge is 0.355 e. The van der Waals surface area contributed by atoms with E-state index >= 15 is 0 Å². The molecule has 1 aromatic carbocycles. The molecule has 0 fully saturated rings. The fourth-order valence-electron chi connectivity index (χ4n) is 2.52. The van der Waals surface area contributed by atoms with Crippen LogP contribution in [0.5, 0.6) is 0 Å². The van der Waals surface area contributed by atoms with E-state index in [1.807, 2.05) is 24.3 Å². The first kappa shape index (κ1) is 13.4. The summed E-state index contributed by atoms with van der Waals surface area (Å²) in [6.45, 7) is 2.23. The first-order chi connectivity index (χ1) is 10.2. The van der Waals surface area contributed by atoms with Gasteiger partial charge in [-0.1, -0.05) is 18.2 Å². The minimum atomic E-state index is -0.813. The number of hydrogen-bond acceptors (Lipinski definition) is 3. The van der Waals surface area contributed by atoms with E-state index in [1.54, 1.807) is 30.2 Å². The number of para-hydroxylation sites is 1. The van der Waals surface area contributed by atoms with Crippen molar-refractivity contribution in [3.63, 3.8) is 0 Å². The van der Waals surface area contributed by atoms with Crippen molar-refractivity contribution in [2.45, 2.75) is 19.4 Å². The number of hydrogen-bond donors (Lipinski definition) is 1. The van der Waals surface area contributed by atoms with Crippen LogP contribution in [0.15, 0.2) is 42.6 Å². The van der Waals surface area contributed by atoms with Gasteiger partial charge in [0.15, 0.2) is 6.10 Å². The third-order valence-electron chi connectivity index (χ3n) is 3.60. The fraction of sp³-hybridized carbons (Fsp3) is 0.250. The Balaban J connectivity index is 1.70. The first-order valence-corrected chi connectivity index (χ1v) is 6.90. The van der Waals surface area contributed by atoms with Gasteiger partial charge in [-0.2, -0.15) is 0 Å². The lowest BCUT2D eigenvalue weighted by molar-refractivity contribution is -0.126. The molecule has 1 aliphatic heterocycles. The molecule has 21 heavy (non-hydrogen) atoms. The number of nitrogens with one attached hydrogen (secondary N) is 1. The van der Waals surface area contributed by atoms with Gasteiger partial charge in [0, 0.05) is 18.4 Å². The molecule has 5 nitrogen and oxygen atoms in total. The minimum Gasteiger partial charge on any atom is -0.448 e. The van der Waals surface area contributed by atoms with Crippen molar-refractivity contribution < 1.29 is 14.3 Å². The van der Waals surface area contributed by atoms with Crippen LogP contribution in [-0.4, -0.2) is 29.5 Å². The predicted molar refractivity (Wildman–Crippen MR) is 78.2 cm³/mol. The van der Waals surface area contributed by atoms with Gasteiger partial charge in [-0.25, -0.2) is 4.79 Å². The number of anilines is 1. The Morgan fingerprint density at radius 2 is 2.05 bits per heavy atom. The van der Waals surface area contributed by atoms with E-state index in [2.05, 4.69) is 4.98 Å². The largest absolute Gasteiger partial charge is 0.448 e. The number of carbonyl (C=O) groups excluding carboxylic acids is 2. The summed E-state index contributed by atoms with van der Waals surface area (Å²) in [5.74, 6) is -0.715. The number of aromatic amines is 1. The van der Waals surface area contributed by atoms with Crippen LogP contribution in [0.1, 0.15) is 23.0 Å². The van der Waals surface area contributed by atoms with E-state index in [9.17, 15) is 9.59 Å². The van der Waals surface area contributed by atoms with Crippen LogP contribution in [-0.2, 0) is 16.0 Å². The molecule has 0 radical (unpaired) electrons. The number of nitrogens with zero attached hydrogens (tertiary/aromatic N) is 1. The molecule has 2 heterocycles. The normalized spacial score (nSPS) is 14.6. The molecule has 0 aliphatic carbocycles. The summed E-state index contributed by atoms with van der Waals surface area (Å²) in [6, 6.07) is 11.1. The number of H-pyrrole nitrogens is 1. The van der Waals surface area contributed by atoms with Gasteiger partial charge in [0.05, 0.1) is 0 Å². The van der Waals surface area contributed by atoms with Gasteiger partial charge in [0.2, 0.25) is 0 Å². The highest BCUT2D eigenvalue weighted by atomic mass is 16.5. The highest BCUT2D eigenvalue weighted by molar-refractivity contribution is 6.00. The third kappa shape index (κ3) is 2.54. The van der Waals surface area contributed by atoms with E-state index in [0.29, 0.717) is 12.2 Å². The van der Waals surface area contributed by atoms with Crippen LogP contribution in [0.4, 0.5) is 5.69 Å². The lowest BCUT2D eigenvalue weighted by atomic mass is 10.2. The molecule has 5 heteroatoms. The van der Waals surface area contributed by atoms with Crippen molar-refractivity contribution in [3.05, 3.63) is 53.9 Å². The van der Waals surface area contributed by atoms with Crippen LogP contribution in [0, 0.1) is 0 Å². The zero-order valence-electron chi connectivity index (χ0n) is 11.7. The monoisotopic (exact) mass is 284 g/mol. The number of fused-ring (bicyclic) bond motifs is 1. The van der Waals surface area contributed by atoms with Crippen molar-refractivity contribution in [1.82, 2.24) is 4.98 Å². The average molecular weight is 284 g/mol. The summed E-state index contributed by atoms with van der Waals surface area (Å²) >= 11 is 0. The average Bonchev–Trinajstić information content (AvgIpc) is 3.15. The summed E-state index contributed by atoms with van der Waals surface area (Å²) in [4.78, 5) is 28.8. The quantitative estimate of drug-likeness (QED) is 0.878. The zero-order valence-corrected chi connectivity index (χ0v) is 11.7. The summed E-state index contributed by atoms with van der Waals surface area (Å²) in [5, 5.41) is 0. The minimum absolute atomic E-state index is 0.195. The number of esters is 1. The zero-order chi connectivity index (χ0) is 14.8. The summed E-state index contributed by atoms with van der Waals surface area (Å²) in [6.07, 6.45) is 1.66. The van der Waals surface area contributed by atoms with Gasteiger partial charge >= 0.3 is 5.97 Å². The molecular weight excluding hydrogens is 268 g/mol. The van der Waals surface area contributed by atoms with Crippen molar-refractivity contribution in [2.75, 3.05) is 11.4 Å². The number of rotatable bonds is 3. The second-order valence-corrected chi connectivity index (χ2v) is 5.00. The van der Waals surface area contributed by atoms with Crippen molar-refractivity contribution in [2.24, 2.45) is 0 Å². The van der Waals surface area contributed by atoms with Crippen LogP contribution in [0.3, 0.4) is 0 Å². The first-order valence-electron chi connectivity index (χ1n) is 6.90. The number of aromatic nitrogens is 1.